The number of amides is 2. The summed E-state index contributed by atoms with van der Waals surface area (Å²) in [6.07, 6.45) is 2.84. The van der Waals surface area contributed by atoms with Crippen LogP contribution in [0.25, 0.3) is 0 Å². The molecular formula is C25H32N2O5. The molecule has 3 N–H and O–H groups in total. The second kappa shape index (κ2) is 13.9. The zero-order valence-corrected chi connectivity index (χ0v) is 18.5. The zero-order chi connectivity index (χ0) is 23.2. The summed E-state index contributed by atoms with van der Waals surface area (Å²) in [5, 5.41) is 14.6. The van der Waals surface area contributed by atoms with E-state index in [9.17, 15) is 19.5 Å². The van der Waals surface area contributed by atoms with Crippen LogP contribution in [-0.4, -0.2) is 42.6 Å². The van der Waals surface area contributed by atoms with Crippen LogP contribution >= 0.6 is 0 Å². The van der Waals surface area contributed by atoms with Crippen LogP contribution in [0, 0.1) is 5.92 Å². The summed E-state index contributed by atoms with van der Waals surface area (Å²) in [4.78, 5) is 36.4. The first kappa shape index (κ1) is 24.9. The number of likely N-dealkylation sites (N-methyl/N-ethyl adjacent to an activating group) is 1. The van der Waals surface area contributed by atoms with Crippen LogP contribution in [0.3, 0.4) is 0 Å². The van der Waals surface area contributed by atoms with Crippen molar-refractivity contribution in [3.8, 4) is 5.75 Å². The summed E-state index contributed by atoms with van der Waals surface area (Å²) in [7, 11) is 1.51. The third kappa shape index (κ3) is 9.20. The molecule has 0 aromatic heterocycles. The van der Waals surface area contributed by atoms with Gasteiger partial charge in [-0.25, -0.2) is 0 Å². The molecule has 2 aromatic rings. The van der Waals surface area contributed by atoms with E-state index in [4.69, 9.17) is 4.74 Å². The van der Waals surface area contributed by atoms with Crippen molar-refractivity contribution in [1.29, 1.82) is 0 Å². The fourth-order valence-corrected chi connectivity index (χ4v) is 3.44. The van der Waals surface area contributed by atoms with E-state index in [1.54, 1.807) is 0 Å². The van der Waals surface area contributed by atoms with Gasteiger partial charge in [0.2, 0.25) is 11.8 Å². The number of carboxylic acids is 1. The van der Waals surface area contributed by atoms with E-state index in [0.717, 1.165) is 24.2 Å². The fraction of sp³-hybridized carbons (Fsp3) is 0.400. The lowest BCUT2D eigenvalue weighted by atomic mass is 9.95. The molecule has 0 saturated carbocycles. The topological polar surface area (TPSA) is 105 Å². The number of carboxylic acid groups (broad SMARTS) is 1. The Morgan fingerprint density at radius 2 is 1.56 bits per heavy atom. The normalized spacial score (nSPS) is 12.4. The van der Waals surface area contributed by atoms with Gasteiger partial charge < -0.3 is 20.5 Å². The second-order valence-electron chi connectivity index (χ2n) is 7.67. The maximum atomic E-state index is 12.8. The molecule has 0 unspecified atom stereocenters. The number of hydrogen-bond donors (Lipinski definition) is 3. The highest BCUT2D eigenvalue weighted by atomic mass is 16.5. The molecule has 0 aliphatic carbocycles. The van der Waals surface area contributed by atoms with Crippen molar-refractivity contribution in [2.75, 3.05) is 13.7 Å². The maximum absolute atomic E-state index is 12.8. The molecule has 2 amide bonds. The highest BCUT2D eigenvalue weighted by Crippen LogP contribution is 2.16. The molecule has 0 bridgehead atoms. The van der Waals surface area contributed by atoms with E-state index in [-0.39, 0.29) is 12.3 Å². The first-order chi connectivity index (χ1) is 15.5. The Labute approximate surface area is 189 Å². The number of ether oxygens (including phenoxy) is 1. The standard InChI is InChI=1S/C25H32N2O5/c1-26-25(31)22(17-19-11-5-2-6-12-19)27-24(30)20(18-23(28)29)13-7-4-10-16-32-21-14-8-3-9-15-21/h2-3,5-6,8-9,11-12,14-15,20,22H,4,7,10,13,16-18H2,1H3,(H,26,31)(H,27,30)(H,28,29)/t20-,22+/m1/s1. The van der Waals surface area contributed by atoms with Crippen molar-refractivity contribution in [3.05, 3.63) is 66.2 Å². The quantitative estimate of drug-likeness (QED) is 0.391. The van der Waals surface area contributed by atoms with Gasteiger partial charge in [-0.1, -0.05) is 61.4 Å². The van der Waals surface area contributed by atoms with Crippen molar-refractivity contribution in [3.63, 3.8) is 0 Å². The van der Waals surface area contributed by atoms with E-state index in [1.807, 2.05) is 60.7 Å². The minimum atomic E-state index is -1.03. The van der Waals surface area contributed by atoms with Gasteiger partial charge in [-0.15, -0.1) is 0 Å². The van der Waals surface area contributed by atoms with E-state index < -0.39 is 23.8 Å². The van der Waals surface area contributed by atoms with Gasteiger partial charge in [-0.3, -0.25) is 14.4 Å². The Morgan fingerprint density at radius 3 is 2.19 bits per heavy atom. The number of carbonyl (C=O) groups excluding carboxylic acids is 2. The summed E-state index contributed by atoms with van der Waals surface area (Å²) >= 11 is 0. The number of unbranched alkanes of at least 4 members (excludes halogenated alkanes) is 2. The van der Waals surface area contributed by atoms with Gasteiger partial charge >= 0.3 is 5.97 Å². The molecule has 0 spiro atoms. The first-order valence-corrected chi connectivity index (χ1v) is 10.9. The largest absolute Gasteiger partial charge is 0.494 e. The SMILES string of the molecule is CNC(=O)[C@H](Cc1ccccc1)NC(=O)[C@H](CCCCCOc1ccccc1)CC(=O)O. The average molecular weight is 441 g/mol. The van der Waals surface area contributed by atoms with Gasteiger partial charge in [0.05, 0.1) is 13.0 Å². The molecule has 0 heterocycles. The summed E-state index contributed by atoms with van der Waals surface area (Å²) in [5.74, 6) is -1.62. The maximum Gasteiger partial charge on any atom is 0.304 e. The Hall–Kier alpha value is -3.35. The lowest BCUT2D eigenvalue weighted by Gasteiger charge is -2.21. The number of rotatable bonds is 14. The summed E-state index contributed by atoms with van der Waals surface area (Å²) < 4.78 is 5.66. The van der Waals surface area contributed by atoms with Crippen LogP contribution in [0.15, 0.2) is 60.7 Å². The average Bonchev–Trinajstić information content (AvgIpc) is 2.80. The summed E-state index contributed by atoms with van der Waals surface area (Å²) in [6.45, 7) is 0.565. The number of para-hydroxylation sites is 1. The van der Waals surface area contributed by atoms with E-state index in [1.165, 1.54) is 7.05 Å². The molecule has 0 fully saturated rings. The fourth-order valence-electron chi connectivity index (χ4n) is 3.44. The molecule has 0 saturated heterocycles. The van der Waals surface area contributed by atoms with Crippen LogP contribution in [0.1, 0.15) is 37.7 Å². The zero-order valence-electron chi connectivity index (χ0n) is 18.5. The molecule has 7 heteroatoms. The third-order valence-electron chi connectivity index (χ3n) is 5.16. The second-order valence-corrected chi connectivity index (χ2v) is 7.67. The van der Waals surface area contributed by atoms with Crippen molar-refractivity contribution >= 4 is 17.8 Å². The van der Waals surface area contributed by atoms with E-state index in [2.05, 4.69) is 10.6 Å². The third-order valence-corrected chi connectivity index (χ3v) is 5.16. The van der Waals surface area contributed by atoms with Crippen molar-refractivity contribution in [2.45, 2.75) is 44.6 Å². The Morgan fingerprint density at radius 1 is 0.906 bits per heavy atom. The van der Waals surface area contributed by atoms with Crippen LogP contribution in [-0.2, 0) is 20.8 Å². The van der Waals surface area contributed by atoms with Crippen LogP contribution in [0.5, 0.6) is 5.75 Å². The first-order valence-electron chi connectivity index (χ1n) is 10.9. The molecule has 0 aliphatic heterocycles. The van der Waals surface area contributed by atoms with Gasteiger partial charge in [0, 0.05) is 19.4 Å². The number of benzene rings is 2. The van der Waals surface area contributed by atoms with Crippen LogP contribution < -0.4 is 15.4 Å². The lowest BCUT2D eigenvalue weighted by Crippen LogP contribution is -2.49. The molecule has 2 atom stereocenters. The Balaban J connectivity index is 1.85. The van der Waals surface area contributed by atoms with Crippen molar-refractivity contribution in [1.82, 2.24) is 10.6 Å². The van der Waals surface area contributed by atoms with Crippen molar-refractivity contribution in [2.24, 2.45) is 5.92 Å². The summed E-state index contributed by atoms with van der Waals surface area (Å²) in [5.41, 5.74) is 0.912. The van der Waals surface area contributed by atoms with E-state index in [0.29, 0.717) is 25.9 Å². The van der Waals surface area contributed by atoms with Gasteiger partial charge in [-0.2, -0.15) is 0 Å². The predicted molar refractivity (Wildman–Crippen MR) is 122 cm³/mol. The number of nitrogens with one attached hydrogen (secondary N) is 2. The smallest absolute Gasteiger partial charge is 0.304 e. The van der Waals surface area contributed by atoms with Gasteiger partial charge in [0.15, 0.2) is 0 Å². The molecule has 172 valence electrons. The number of aliphatic carboxylic acids is 1. The lowest BCUT2D eigenvalue weighted by molar-refractivity contribution is -0.141. The number of hydrogen-bond acceptors (Lipinski definition) is 4. The number of carbonyl (C=O) groups is 3. The molecule has 2 rings (SSSR count). The minimum absolute atomic E-state index is 0.266. The molecular weight excluding hydrogens is 408 g/mol. The molecule has 0 aliphatic rings. The molecule has 2 aromatic carbocycles. The predicted octanol–water partition coefficient (Wildman–Crippen LogP) is 3.19. The van der Waals surface area contributed by atoms with Gasteiger partial charge in [0.25, 0.3) is 0 Å². The van der Waals surface area contributed by atoms with Gasteiger partial charge in [0.1, 0.15) is 11.8 Å². The van der Waals surface area contributed by atoms with Crippen molar-refractivity contribution < 1.29 is 24.2 Å². The van der Waals surface area contributed by atoms with Crippen LogP contribution in [0.4, 0.5) is 0 Å². The Kier molecular flexibility index (Phi) is 10.8. The highest BCUT2D eigenvalue weighted by Gasteiger charge is 2.26. The van der Waals surface area contributed by atoms with Crippen LogP contribution in [0.2, 0.25) is 0 Å². The molecule has 32 heavy (non-hydrogen) atoms. The molecule has 0 radical (unpaired) electrons. The van der Waals surface area contributed by atoms with Gasteiger partial charge in [-0.05, 0) is 30.5 Å². The summed E-state index contributed by atoms with van der Waals surface area (Å²) in [6, 6.07) is 18.2. The Bertz CT molecular complexity index is 842. The highest BCUT2D eigenvalue weighted by molar-refractivity contribution is 5.89. The van der Waals surface area contributed by atoms with E-state index >= 15 is 0 Å². The minimum Gasteiger partial charge on any atom is -0.494 e. The molecule has 7 nitrogen and oxygen atoms in total. The monoisotopic (exact) mass is 440 g/mol.